The van der Waals surface area contributed by atoms with E-state index in [1.807, 2.05) is 30.3 Å². The Morgan fingerprint density at radius 1 is 1.15 bits per heavy atom. The number of sulfone groups is 1. The Morgan fingerprint density at radius 3 is 2.69 bits per heavy atom. The van der Waals surface area contributed by atoms with Crippen LogP contribution in [0.1, 0.15) is 37.6 Å². The van der Waals surface area contributed by atoms with Crippen LogP contribution in [0.25, 0.3) is 11.4 Å². The van der Waals surface area contributed by atoms with Crippen LogP contribution in [0.3, 0.4) is 0 Å². The number of nitrogens with zero attached hydrogens (tertiary/aromatic N) is 3. The zero-order valence-corrected chi connectivity index (χ0v) is 15.2. The van der Waals surface area contributed by atoms with Gasteiger partial charge in [-0.3, -0.25) is 4.79 Å². The van der Waals surface area contributed by atoms with Crippen LogP contribution >= 0.6 is 0 Å². The summed E-state index contributed by atoms with van der Waals surface area (Å²) >= 11 is 0. The first-order chi connectivity index (χ1) is 12.5. The second kappa shape index (κ2) is 6.83. The van der Waals surface area contributed by atoms with Gasteiger partial charge in [0.2, 0.25) is 17.6 Å². The molecule has 0 radical (unpaired) electrons. The van der Waals surface area contributed by atoms with Crippen molar-refractivity contribution in [2.45, 2.75) is 31.7 Å². The van der Waals surface area contributed by atoms with Gasteiger partial charge in [0.25, 0.3) is 0 Å². The Bertz CT molecular complexity index is 894. The van der Waals surface area contributed by atoms with Crippen LogP contribution in [0, 0.1) is 5.92 Å². The van der Waals surface area contributed by atoms with E-state index >= 15 is 0 Å². The molecule has 2 aromatic rings. The van der Waals surface area contributed by atoms with Gasteiger partial charge in [0.15, 0.2) is 9.84 Å². The Labute approximate surface area is 152 Å². The molecule has 0 N–H and O–H groups in total. The number of carbonyl (C=O) groups excluding carboxylic acids is 1. The van der Waals surface area contributed by atoms with Crippen molar-refractivity contribution in [2.75, 3.05) is 18.1 Å². The predicted octanol–water partition coefficient (Wildman–Crippen LogP) is 2.22. The molecule has 0 aliphatic carbocycles. The zero-order valence-electron chi connectivity index (χ0n) is 14.4. The number of likely N-dealkylation sites (tertiary alicyclic amines) is 1. The molecule has 0 bridgehead atoms. The van der Waals surface area contributed by atoms with Crippen molar-refractivity contribution < 1.29 is 17.7 Å². The van der Waals surface area contributed by atoms with Gasteiger partial charge in [-0.05, 0) is 25.7 Å². The molecule has 1 aromatic carbocycles. The monoisotopic (exact) mass is 375 g/mol. The average molecular weight is 375 g/mol. The first-order valence-electron chi connectivity index (χ1n) is 8.93. The van der Waals surface area contributed by atoms with E-state index in [4.69, 9.17) is 4.52 Å². The summed E-state index contributed by atoms with van der Waals surface area (Å²) in [5.41, 5.74) is 0.859. The molecule has 0 spiro atoms. The summed E-state index contributed by atoms with van der Waals surface area (Å²) in [6, 6.07) is 9.26. The lowest BCUT2D eigenvalue weighted by Crippen LogP contribution is -2.42. The molecule has 2 atom stereocenters. The van der Waals surface area contributed by atoms with Gasteiger partial charge in [-0.25, -0.2) is 8.42 Å². The Balaban J connectivity index is 1.56. The third kappa shape index (κ3) is 3.38. The number of benzene rings is 1. The molecular weight excluding hydrogens is 354 g/mol. The van der Waals surface area contributed by atoms with Crippen LogP contribution < -0.4 is 0 Å². The first-order valence-corrected chi connectivity index (χ1v) is 10.8. The molecule has 2 fully saturated rings. The molecule has 2 aliphatic heterocycles. The Morgan fingerprint density at radius 2 is 1.96 bits per heavy atom. The van der Waals surface area contributed by atoms with E-state index in [2.05, 4.69) is 10.1 Å². The normalized spacial score (nSPS) is 25.3. The van der Waals surface area contributed by atoms with E-state index in [0.29, 0.717) is 24.7 Å². The lowest BCUT2D eigenvalue weighted by molar-refractivity contribution is -0.139. The highest BCUT2D eigenvalue weighted by molar-refractivity contribution is 7.91. The van der Waals surface area contributed by atoms with Crippen molar-refractivity contribution >= 4 is 15.7 Å². The van der Waals surface area contributed by atoms with Gasteiger partial charge in [0.1, 0.15) is 6.04 Å². The van der Waals surface area contributed by atoms with Gasteiger partial charge >= 0.3 is 0 Å². The number of carbonyl (C=O) groups is 1. The molecule has 26 heavy (non-hydrogen) atoms. The predicted molar refractivity (Wildman–Crippen MR) is 94.8 cm³/mol. The van der Waals surface area contributed by atoms with Crippen LogP contribution in [0.15, 0.2) is 34.9 Å². The molecule has 138 valence electrons. The largest absolute Gasteiger partial charge is 0.337 e. The zero-order chi connectivity index (χ0) is 18.1. The summed E-state index contributed by atoms with van der Waals surface area (Å²) in [5, 5.41) is 4.06. The molecule has 1 amide bonds. The SMILES string of the molecule is O=C(C1CCS(=O)(=O)C1)N1CCCCC1c1nc(-c2ccccc2)no1. The highest BCUT2D eigenvalue weighted by atomic mass is 32.2. The Hall–Kier alpha value is -2.22. The van der Waals surface area contributed by atoms with Crippen LogP contribution in [-0.2, 0) is 14.6 Å². The fourth-order valence-electron chi connectivity index (χ4n) is 3.75. The third-order valence-corrected chi connectivity index (χ3v) is 6.89. The second-order valence-corrected chi connectivity index (χ2v) is 9.19. The molecule has 0 saturated carbocycles. The summed E-state index contributed by atoms with van der Waals surface area (Å²) in [4.78, 5) is 19.2. The Kier molecular flexibility index (Phi) is 4.52. The summed E-state index contributed by atoms with van der Waals surface area (Å²) < 4.78 is 28.9. The summed E-state index contributed by atoms with van der Waals surface area (Å²) in [6.45, 7) is 0.600. The number of aromatic nitrogens is 2. The van der Waals surface area contributed by atoms with Crippen LogP contribution in [0.2, 0.25) is 0 Å². The first kappa shape index (κ1) is 17.2. The number of hydrogen-bond donors (Lipinski definition) is 0. The van der Waals surface area contributed by atoms with E-state index in [1.165, 1.54) is 0 Å². The van der Waals surface area contributed by atoms with Crippen molar-refractivity contribution in [1.29, 1.82) is 0 Å². The van der Waals surface area contributed by atoms with E-state index in [1.54, 1.807) is 4.90 Å². The molecular formula is C18H21N3O4S. The maximum atomic E-state index is 12.9. The van der Waals surface area contributed by atoms with Crippen molar-refractivity contribution in [2.24, 2.45) is 5.92 Å². The van der Waals surface area contributed by atoms with Gasteiger partial charge in [-0.1, -0.05) is 35.5 Å². The second-order valence-electron chi connectivity index (χ2n) is 6.97. The van der Waals surface area contributed by atoms with Gasteiger partial charge in [0.05, 0.1) is 17.4 Å². The maximum Gasteiger partial charge on any atom is 0.249 e. The molecule has 2 saturated heterocycles. The van der Waals surface area contributed by atoms with Gasteiger partial charge < -0.3 is 9.42 Å². The van der Waals surface area contributed by atoms with E-state index in [-0.39, 0.29) is 23.5 Å². The molecule has 2 unspecified atom stereocenters. The highest BCUT2D eigenvalue weighted by Gasteiger charge is 2.40. The maximum absolute atomic E-state index is 12.9. The fourth-order valence-corrected chi connectivity index (χ4v) is 5.48. The minimum atomic E-state index is -3.09. The molecule has 3 heterocycles. The van der Waals surface area contributed by atoms with E-state index in [0.717, 1.165) is 24.8 Å². The number of hydrogen-bond acceptors (Lipinski definition) is 6. The number of piperidine rings is 1. The highest BCUT2D eigenvalue weighted by Crippen LogP contribution is 2.34. The quantitative estimate of drug-likeness (QED) is 0.817. The minimum Gasteiger partial charge on any atom is -0.337 e. The lowest BCUT2D eigenvalue weighted by atomic mass is 9.98. The summed E-state index contributed by atoms with van der Waals surface area (Å²) in [6.07, 6.45) is 3.03. The summed E-state index contributed by atoms with van der Waals surface area (Å²) in [5.74, 6) is 0.432. The smallest absolute Gasteiger partial charge is 0.249 e. The van der Waals surface area contributed by atoms with Crippen LogP contribution in [0.5, 0.6) is 0 Å². The molecule has 4 rings (SSSR count). The van der Waals surface area contributed by atoms with E-state index in [9.17, 15) is 13.2 Å². The van der Waals surface area contributed by atoms with Crippen molar-refractivity contribution in [3.05, 3.63) is 36.2 Å². The van der Waals surface area contributed by atoms with Crippen LogP contribution in [0.4, 0.5) is 0 Å². The van der Waals surface area contributed by atoms with Gasteiger partial charge in [-0.2, -0.15) is 4.98 Å². The lowest BCUT2D eigenvalue weighted by Gasteiger charge is -2.34. The fraction of sp³-hybridized carbons (Fsp3) is 0.500. The molecule has 8 heteroatoms. The van der Waals surface area contributed by atoms with Crippen molar-refractivity contribution in [3.8, 4) is 11.4 Å². The van der Waals surface area contributed by atoms with Crippen molar-refractivity contribution in [3.63, 3.8) is 0 Å². The summed E-state index contributed by atoms with van der Waals surface area (Å²) in [7, 11) is -3.09. The topological polar surface area (TPSA) is 93.4 Å². The molecule has 2 aliphatic rings. The van der Waals surface area contributed by atoms with Gasteiger partial charge in [-0.15, -0.1) is 0 Å². The molecule has 1 aromatic heterocycles. The molecule has 7 nitrogen and oxygen atoms in total. The third-order valence-electron chi connectivity index (χ3n) is 5.13. The average Bonchev–Trinajstić information content (AvgIpc) is 3.28. The number of rotatable bonds is 3. The standard InChI is InChI=1S/C18H21N3O4S/c22-18(14-9-11-26(23,24)12-14)21-10-5-4-8-15(21)17-19-16(20-25-17)13-6-2-1-3-7-13/h1-3,6-7,14-15H,4-5,8-12H2. The minimum absolute atomic E-state index is 0.0475. The van der Waals surface area contributed by atoms with E-state index < -0.39 is 15.8 Å². The van der Waals surface area contributed by atoms with Gasteiger partial charge in [0, 0.05) is 12.1 Å². The number of amides is 1. The van der Waals surface area contributed by atoms with Crippen molar-refractivity contribution in [1.82, 2.24) is 15.0 Å². The van der Waals surface area contributed by atoms with Crippen LogP contribution in [-0.4, -0.2) is 47.4 Å².